The maximum absolute atomic E-state index is 11.6. The van der Waals surface area contributed by atoms with Gasteiger partial charge in [-0.05, 0) is 18.8 Å². The van der Waals surface area contributed by atoms with E-state index >= 15 is 0 Å². The van der Waals surface area contributed by atoms with Crippen molar-refractivity contribution < 1.29 is 9.90 Å². The molecule has 0 radical (unpaired) electrons. The van der Waals surface area contributed by atoms with Crippen LogP contribution in [0.2, 0.25) is 0 Å². The first-order valence-electron chi connectivity index (χ1n) is 5.83. The van der Waals surface area contributed by atoms with E-state index in [0.29, 0.717) is 13.0 Å². The van der Waals surface area contributed by atoms with Gasteiger partial charge in [-0.3, -0.25) is 4.79 Å². The second-order valence-electron chi connectivity index (χ2n) is 5.43. The number of aliphatic hydroxyl groups excluding tert-OH is 1. The number of amides is 1. The van der Waals surface area contributed by atoms with Gasteiger partial charge in [0.2, 0.25) is 5.91 Å². The largest absolute Gasteiger partial charge is 0.391 e. The standard InChI is InChI=1S/C10H19NO2.C3H6/c1-10(2,3)6-9(13)11-5-4-8(12)7-11;1-3-2/h8,12H,4-7H2,1-3H3;3H,1H2,2H3. The van der Waals surface area contributed by atoms with Crippen molar-refractivity contribution in [3.63, 3.8) is 0 Å². The number of nitrogens with zero attached hydrogens (tertiary/aromatic N) is 1. The highest BCUT2D eigenvalue weighted by molar-refractivity contribution is 5.77. The number of hydrogen-bond acceptors (Lipinski definition) is 2. The summed E-state index contributed by atoms with van der Waals surface area (Å²) in [5, 5.41) is 9.25. The monoisotopic (exact) mass is 227 g/mol. The third kappa shape index (κ3) is 6.62. The molecule has 1 amide bonds. The number of carbonyl (C=O) groups excluding carboxylic acids is 1. The van der Waals surface area contributed by atoms with Crippen molar-refractivity contribution in [2.45, 2.75) is 46.6 Å². The van der Waals surface area contributed by atoms with Gasteiger partial charge in [0.15, 0.2) is 0 Å². The molecule has 1 rings (SSSR count). The van der Waals surface area contributed by atoms with Crippen LogP contribution in [0.5, 0.6) is 0 Å². The summed E-state index contributed by atoms with van der Waals surface area (Å²) in [5.74, 6) is 0.170. The van der Waals surface area contributed by atoms with Crippen molar-refractivity contribution in [2.75, 3.05) is 13.1 Å². The lowest BCUT2D eigenvalue weighted by Crippen LogP contribution is -2.32. The highest BCUT2D eigenvalue weighted by Gasteiger charge is 2.27. The van der Waals surface area contributed by atoms with Crippen LogP contribution < -0.4 is 0 Å². The molecular weight excluding hydrogens is 202 g/mol. The van der Waals surface area contributed by atoms with Crippen LogP contribution in [0.3, 0.4) is 0 Å². The lowest BCUT2D eigenvalue weighted by Gasteiger charge is -2.22. The quantitative estimate of drug-likeness (QED) is 0.698. The van der Waals surface area contributed by atoms with E-state index in [1.807, 2.05) is 6.92 Å². The fourth-order valence-corrected chi connectivity index (χ4v) is 1.53. The molecule has 0 aromatic carbocycles. The molecule has 94 valence electrons. The van der Waals surface area contributed by atoms with E-state index in [-0.39, 0.29) is 17.4 Å². The molecule has 1 fully saturated rings. The summed E-state index contributed by atoms with van der Waals surface area (Å²) >= 11 is 0. The van der Waals surface area contributed by atoms with Gasteiger partial charge in [-0.25, -0.2) is 0 Å². The smallest absolute Gasteiger partial charge is 0.223 e. The topological polar surface area (TPSA) is 40.5 Å². The Kier molecular flexibility index (Phi) is 6.34. The number of carbonyl (C=O) groups is 1. The first-order valence-corrected chi connectivity index (χ1v) is 5.83. The second kappa shape index (κ2) is 6.69. The lowest BCUT2D eigenvalue weighted by molar-refractivity contribution is -0.132. The van der Waals surface area contributed by atoms with Gasteiger partial charge < -0.3 is 10.0 Å². The van der Waals surface area contributed by atoms with Gasteiger partial charge in [-0.15, -0.1) is 6.58 Å². The Morgan fingerprint density at radius 1 is 1.56 bits per heavy atom. The third-order valence-corrected chi connectivity index (χ3v) is 2.20. The molecular formula is C13H25NO2. The molecule has 1 heterocycles. The van der Waals surface area contributed by atoms with Crippen LogP contribution in [-0.4, -0.2) is 35.1 Å². The fraction of sp³-hybridized carbons (Fsp3) is 0.769. The number of hydrogen-bond donors (Lipinski definition) is 1. The first kappa shape index (κ1) is 15.2. The second-order valence-corrected chi connectivity index (χ2v) is 5.43. The minimum Gasteiger partial charge on any atom is -0.391 e. The maximum atomic E-state index is 11.6. The SMILES string of the molecule is C=CC.CC(C)(C)CC(=O)N1CCC(O)C1. The summed E-state index contributed by atoms with van der Waals surface area (Å²) in [6.45, 7) is 12.6. The molecule has 1 aliphatic heterocycles. The van der Waals surface area contributed by atoms with E-state index in [9.17, 15) is 9.90 Å². The molecule has 1 N–H and O–H groups in total. The van der Waals surface area contributed by atoms with E-state index in [2.05, 4.69) is 27.4 Å². The predicted octanol–water partition coefficient (Wildman–Crippen LogP) is 2.21. The van der Waals surface area contributed by atoms with Gasteiger partial charge in [-0.1, -0.05) is 26.8 Å². The Bertz CT molecular complexity index is 231. The summed E-state index contributed by atoms with van der Waals surface area (Å²) in [5.41, 5.74) is 0.0463. The molecule has 3 nitrogen and oxygen atoms in total. The number of likely N-dealkylation sites (tertiary alicyclic amines) is 1. The van der Waals surface area contributed by atoms with Gasteiger partial charge in [-0.2, -0.15) is 0 Å². The molecule has 1 unspecified atom stereocenters. The average Bonchev–Trinajstić information content (AvgIpc) is 2.50. The maximum Gasteiger partial charge on any atom is 0.223 e. The van der Waals surface area contributed by atoms with Crippen molar-refractivity contribution >= 4 is 5.91 Å². The molecule has 0 aliphatic carbocycles. The van der Waals surface area contributed by atoms with Gasteiger partial charge in [0.25, 0.3) is 0 Å². The van der Waals surface area contributed by atoms with Crippen molar-refractivity contribution in [3.8, 4) is 0 Å². The van der Waals surface area contributed by atoms with Crippen LogP contribution in [0, 0.1) is 5.41 Å². The third-order valence-electron chi connectivity index (χ3n) is 2.20. The predicted molar refractivity (Wildman–Crippen MR) is 67.1 cm³/mol. The minimum atomic E-state index is -0.302. The Balaban J connectivity index is 0.000000673. The fourth-order valence-electron chi connectivity index (χ4n) is 1.53. The van der Waals surface area contributed by atoms with Crippen molar-refractivity contribution in [1.82, 2.24) is 4.90 Å². The molecule has 3 heteroatoms. The normalized spacial score (nSPS) is 20.1. The Hall–Kier alpha value is -0.830. The van der Waals surface area contributed by atoms with Gasteiger partial charge in [0, 0.05) is 19.5 Å². The van der Waals surface area contributed by atoms with E-state index in [1.54, 1.807) is 11.0 Å². The zero-order valence-corrected chi connectivity index (χ0v) is 11.0. The van der Waals surface area contributed by atoms with Gasteiger partial charge in [0.05, 0.1) is 6.10 Å². The molecule has 1 atom stereocenters. The van der Waals surface area contributed by atoms with Crippen LogP contribution in [-0.2, 0) is 4.79 Å². The van der Waals surface area contributed by atoms with Crippen LogP contribution in [0.15, 0.2) is 12.7 Å². The van der Waals surface area contributed by atoms with E-state index < -0.39 is 0 Å². The van der Waals surface area contributed by atoms with Crippen LogP contribution in [0.4, 0.5) is 0 Å². The molecule has 1 saturated heterocycles. The zero-order valence-electron chi connectivity index (χ0n) is 11.0. The molecule has 0 aromatic heterocycles. The summed E-state index contributed by atoms with van der Waals surface area (Å²) in [7, 11) is 0. The zero-order chi connectivity index (χ0) is 12.8. The first-order chi connectivity index (χ1) is 7.30. The van der Waals surface area contributed by atoms with Gasteiger partial charge >= 0.3 is 0 Å². The van der Waals surface area contributed by atoms with Gasteiger partial charge in [0.1, 0.15) is 0 Å². The van der Waals surface area contributed by atoms with Crippen LogP contribution in [0.25, 0.3) is 0 Å². The number of allylic oxidation sites excluding steroid dienone is 1. The number of β-amino-alcohol motifs (C(OH)–C–C–N with tert-alkyl or cyclic N) is 1. The summed E-state index contributed by atoms with van der Waals surface area (Å²) in [4.78, 5) is 13.4. The van der Waals surface area contributed by atoms with Crippen molar-refractivity contribution in [1.29, 1.82) is 0 Å². The minimum absolute atomic E-state index is 0.0463. The molecule has 0 bridgehead atoms. The molecule has 0 spiro atoms. The summed E-state index contributed by atoms with van der Waals surface area (Å²) in [6.07, 6.45) is 2.75. The van der Waals surface area contributed by atoms with Crippen LogP contribution >= 0.6 is 0 Å². The van der Waals surface area contributed by atoms with E-state index in [0.717, 1.165) is 13.0 Å². The molecule has 0 saturated carbocycles. The molecule has 0 aromatic rings. The average molecular weight is 227 g/mol. The van der Waals surface area contributed by atoms with Crippen LogP contribution in [0.1, 0.15) is 40.5 Å². The lowest BCUT2D eigenvalue weighted by atomic mass is 9.92. The number of rotatable bonds is 1. The highest BCUT2D eigenvalue weighted by atomic mass is 16.3. The van der Waals surface area contributed by atoms with E-state index in [1.165, 1.54) is 0 Å². The molecule has 1 aliphatic rings. The van der Waals surface area contributed by atoms with E-state index in [4.69, 9.17) is 0 Å². The summed E-state index contributed by atoms with van der Waals surface area (Å²) in [6, 6.07) is 0. The van der Waals surface area contributed by atoms with Crippen molar-refractivity contribution in [3.05, 3.63) is 12.7 Å². The Morgan fingerprint density at radius 2 is 2.06 bits per heavy atom. The van der Waals surface area contributed by atoms with Crippen molar-refractivity contribution in [2.24, 2.45) is 5.41 Å². The number of aliphatic hydroxyl groups is 1. The Labute approximate surface area is 99.1 Å². The highest BCUT2D eigenvalue weighted by Crippen LogP contribution is 2.21. The Morgan fingerprint density at radius 3 is 2.38 bits per heavy atom. The molecule has 16 heavy (non-hydrogen) atoms. The summed E-state index contributed by atoms with van der Waals surface area (Å²) < 4.78 is 0.